The minimum absolute atomic E-state index is 0.00848. The van der Waals surface area contributed by atoms with Gasteiger partial charge in [0.1, 0.15) is 5.78 Å². The highest BCUT2D eigenvalue weighted by Crippen LogP contribution is 2.38. The van der Waals surface area contributed by atoms with Gasteiger partial charge in [-0.15, -0.1) is 6.58 Å². The summed E-state index contributed by atoms with van der Waals surface area (Å²) in [6.45, 7) is 30.0. The van der Waals surface area contributed by atoms with Gasteiger partial charge in [-0.3, -0.25) is 4.79 Å². The molecule has 1 aliphatic heterocycles. The van der Waals surface area contributed by atoms with Gasteiger partial charge in [0.15, 0.2) is 0 Å². The summed E-state index contributed by atoms with van der Waals surface area (Å²) in [6, 6.07) is 6.29. The van der Waals surface area contributed by atoms with Crippen molar-refractivity contribution in [1.29, 1.82) is 0 Å². The number of allylic oxidation sites excluding steroid dienone is 5. The zero-order valence-corrected chi connectivity index (χ0v) is 31.9. The van der Waals surface area contributed by atoms with Gasteiger partial charge in [-0.2, -0.15) is 0 Å². The van der Waals surface area contributed by atoms with Crippen molar-refractivity contribution < 1.29 is 22.4 Å². The van der Waals surface area contributed by atoms with Crippen molar-refractivity contribution in [2.75, 3.05) is 6.54 Å². The monoisotopic (exact) mass is 678 g/mol. The zero-order chi connectivity index (χ0) is 37.5. The van der Waals surface area contributed by atoms with Crippen LogP contribution in [-0.2, 0) is 10.7 Å². The van der Waals surface area contributed by atoms with Gasteiger partial charge in [0, 0.05) is 54.8 Å². The Labute approximate surface area is 292 Å². The van der Waals surface area contributed by atoms with Crippen LogP contribution in [0.4, 0.5) is 17.6 Å². The molecule has 0 radical (unpaired) electrons. The summed E-state index contributed by atoms with van der Waals surface area (Å²) < 4.78 is 53.3. The molecule has 1 heterocycles. The molecule has 1 aliphatic rings. The van der Waals surface area contributed by atoms with Gasteiger partial charge < -0.3 is 4.90 Å². The Kier molecular flexibility index (Phi) is 24.7. The Morgan fingerprint density at radius 3 is 1.88 bits per heavy atom. The van der Waals surface area contributed by atoms with Gasteiger partial charge in [-0.05, 0) is 58.8 Å². The minimum atomic E-state index is -2.99. The average molecular weight is 678 g/mol. The molecule has 1 saturated heterocycles. The second-order valence-corrected chi connectivity index (χ2v) is 12.7. The number of alkyl halides is 4. The van der Waals surface area contributed by atoms with E-state index in [-0.39, 0.29) is 28.9 Å². The number of unbranched alkanes of at least 4 members (excludes halogenated alkanes) is 2. The third kappa shape index (κ3) is 18.0. The Hall–Kier alpha value is -2.89. The van der Waals surface area contributed by atoms with E-state index in [1.165, 1.54) is 62.8 Å². The van der Waals surface area contributed by atoms with Crippen molar-refractivity contribution in [3.63, 3.8) is 0 Å². The van der Waals surface area contributed by atoms with Crippen LogP contribution < -0.4 is 0 Å². The Morgan fingerprint density at radius 1 is 1.00 bits per heavy atom. The lowest BCUT2D eigenvalue weighted by Crippen LogP contribution is -2.47. The third-order valence-corrected chi connectivity index (χ3v) is 8.50. The van der Waals surface area contributed by atoms with E-state index in [1.807, 2.05) is 18.7 Å². The summed E-state index contributed by atoms with van der Waals surface area (Å²) in [5.74, 6) is -4.85. The molecule has 3 unspecified atom stereocenters. The molecule has 1 aromatic carbocycles. The number of carbonyl (C=O) groups is 1. The summed E-state index contributed by atoms with van der Waals surface area (Å²) in [4.78, 5) is 14.0. The topological polar surface area (TPSA) is 20.3 Å². The van der Waals surface area contributed by atoms with Crippen molar-refractivity contribution in [2.45, 2.75) is 145 Å². The predicted octanol–water partition coefficient (Wildman–Crippen LogP) is 13.6. The van der Waals surface area contributed by atoms with Crippen LogP contribution in [0.3, 0.4) is 0 Å². The standard InChI is InChI=1S/C20H29F2NO.C9H10F2.C8H16.C5H12/c1-7-11-18(20(6,21)22)16(8-2)14(4)23-13-10-12-17(15(5)24)19(23)9-3;1-7-3-5-8(6-4-7)9(2,10)11;1-4-7-8(5-2)6-3;1-3-5-4-2/h7-8,11,17,19H,1,4,9-10,12-13H2,2-3,5-6H3;3-6H,1-2H3;5,8H,2,4,6-7H2,1,3H3;3-5H2,1-2H3/b16-8-,18-11+;;;. The van der Waals surface area contributed by atoms with Crippen molar-refractivity contribution in [1.82, 2.24) is 4.90 Å². The van der Waals surface area contributed by atoms with E-state index < -0.39 is 11.8 Å². The number of rotatable bonds is 14. The second-order valence-electron chi connectivity index (χ2n) is 12.7. The fourth-order valence-corrected chi connectivity index (χ4v) is 5.65. The molecular formula is C42H67F4NO. The van der Waals surface area contributed by atoms with Crippen molar-refractivity contribution in [3.05, 3.63) is 96.3 Å². The van der Waals surface area contributed by atoms with Crippen LogP contribution in [0.1, 0.15) is 131 Å². The molecular weight excluding hydrogens is 610 g/mol. The minimum Gasteiger partial charge on any atom is -0.368 e. The summed E-state index contributed by atoms with van der Waals surface area (Å²) in [5.41, 5.74) is 1.96. The Balaban J connectivity index is 0. The van der Waals surface area contributed by atoms with E-state index in [1.54, 1.807) is 32.1 Å². The first kappa shape index (κ1) is 47.2. The number of ketones is 1. The molecule has 0 spiro atoms. The van der Waals surface area contributed by atoms with Crippen molar-refractivity contribution >= 4 is 5.78 Å². The van der Waals surface area contributed by atoms with Crippen LogP contribution >= 0.6 is 0 Å². The molecule has 0 amide bonds. The maximum Gasteiger partial charge on any atom is 0.271 e. The number of piperidine rings is 1. The molecule has 0 N–H and O–H groups in total. The molecule has 1 aromatic rings. The van der Waals surface area contributed by atoms with Crippen LogP contribution in [0.5, 0.6) is 0 Å². The Bertz CT molecular complexity index is 1120. The summed E-state index contributed by atoms with van der Waals surface area (Å²) in [7, 11) is 0. The molecule has 0 aliphatic carbocycles. The largest absolute Gasteiger partial charge is 0.368 e. The number of halogens is 4. The lowest BCUT2D eigenvalue weighted by Gasteiger charge is -2.43. The highest BCUT2D eigenvalue weighted by molar-refractivity contribution is 5.79. The fraction of sp³-hybridized carbons (Fsp3) is 0.595. The van der Waals surface area contributed by atoms with Crippen LogP contribution in [-0.4, -0.2) is 29.2 Å². The summed E-state index contributed by atoms with van der Waals surface area (Å²) in [6.07, 6.45) is 16.8. The lowest BCUT2D eigenvalue weighted by molar-refractivity contribution is -0.124. The second kappa shape index (κ2) is 25.1. The van der Waals surface area contributed by atoms with Crippen molar-refractivity contribution in [2.24, 2.45) is 11.8 Å². The molecule has 1 fully saturated rings. The first-order valence-electron chi connectivity index (χ1n) is 17.9. The Morgan fingerprint density at radius 2 is 1.56 bits per heavy atom. The number of carbonyl (C=O) groups excluding carboxylic acids is 1. The number of hydrogen-bond donors (Lipinski definition) is 0. The molecule has 6 heteroatoms. The first-order valence-corrected chi connectivity index (χ1v) is 17.9. The number of likely N-dealkylation sites (tertiary alicyclic amines) is 1. The van der Waals surface area contributed by atoms with E-state index >= 15 is 0 Å². The number of aryl methyl sites for hydroxylation is 1. The SMILES string of the molecule is C=C/C=C(\C(=C/C)C(=C)N1CCCC(C(C)=O)C1CC)C(C)(F)F.C=CC(CC)CCC.CCCCC.Cc1ccc(C(C)(F)F)cc1. The quantitative estimate of drug-likeness (QED) is 0.111. The molecule has 274 valence electrons. The predicted molar refractivity (Wildman–Crippen MR) is 201 cm³/mol. The molecule has 2 rings (SSSR count). The van der Waals surface area contributed by atoms with E-state index in [0.29, 0.717) is 11.3 Å². The van der Waals surface area contributed by atoms with E-state index in [4.69, 9.17) is 0 Å². The number of hydrogen-bond acceptors (Lipinski definition) is 2. The van der Waals surface area contributed by atoms with Gasteiger partial charge in [-0.1, -0.05) is 128 Å². The number of Topliss-reactive ketones (excluding diaryl/α,β-unsaturated/α-hetero) is 1. The van der Waals surface area contributed by atoms with Gasteiger partial charge in [0.2, 0.25) is 0 Å². The fourth-order valence-electron chi connectivity index (χ4n) is 5.65. The molecule has 0 bridgehead atoms. The van der Waals surface area contributed by atoms with E-state index in [0.717, 1.165) is 51.1 Å². The smallest absolute Gasteiger partial charge is 0.271 e. The molecule has 2 nitrogen and oxygen atoms in total. The summed E-state index contributed by atoms with van der Waals surface area (Å²) in [5, 5.41) is 0. The van der Waals surface area contributed by atoms with Gasteiger partial charge in [0.05, 0.1) is 0 Å². The van der Waals surface area contributed by atoms with Gasteiger partial charge >= 0.3 is 0 Å². The van der Waals surface area contributed by atoms with E-state index in [9.17, 15) is 22.4 Å². The van der Waals surface area contributed by atoms with Crippen LogP contribution in [0.15, 0.2) is 85.1 Å². The van der Waals surface area contributed by atoms with Crippen LogP contribution in [0, 0.1) is 18.8 Å². The molecule has 0 saturated carbocycles. The molecule has 48 heavy (non-hydrogen) atoms. The third-order valence-electron chi connectivity index (χ3n) is 8.50. The highest BCUT2D eigenvalue weighted by Gasteiger charge is 2.37. The molecule has 0 aromatic heterocycles. The van der Waals surface area contributed by atoms with Crippen LogP contribution in [0.2, 0.25) is 0 Å². The number of benzene rings is 1. The maximum atomic E-state index is 14.1. The lowest BCUT2D eigenvalue weighted by atomic mass is 9.83. The highest BCUT2D eigenvalue weighted by atomic mass is 19.3. The van der Waals surface area contributed by atoms with Gasteiger partial charge in [-0.25, -0.2) is 17.6 Å². The van der Waals surface area contributed by atoms with Crippen molar-refractivity contribution in [3.8, 4) is 0 Å². The van der Waals surface area contributed by atoms with Crippen LogP contribution in [0.25, 0.3) is 0 Å². The normalized spacial score (nSPS) is 17.3. The zero-order valence-electron chi connectivity index (χ0n) is 31.9. The molecule has 3 atom stereocenters. The first-order chi connectivity index (χ1) is 22.4. The van der Waals surface area contributed by atoms with E-state index in [2.05, 4.69) is 53.5 Å². The average Bonchev–Trinajstić information content (AvgIpc) is 3.03. The maximum absolute atomic E-state index is 14.1. The number of nitrogens with zero attached hydrogens (tertiary/aromatic N) is 1. The summed E-state index contributed by atoms with van der Waals surface area (Å²) >= 11 is 0. The van der Waals surface area contributed by atoms with Gasteiger partial charge in [0.25, 0.3) is 11.8 Å².